The van der Waals surface area contributed by atoms with Crippen molar-refractivity contribution < 1.29 is 9.90 Å². The molecule has 3 unspecified atom stereocenters. The van der Waals surface area contributed by atoms with Gasteiger partial charge in [-0.3, -0.25) is 4.79 Å². The summed E-state index contributed by atoms with van der Waals surface area (Å²) in [6.07, 6.45) is -0.136. The van der Waals surface area contributed by atoms with Crippen molar-refractivity contribution in [1.82, 2.24) is 4.90 Å². The Labute approximate surface area is 120 Å². The summed E-state index contributed by atoms with van der Waals surface area (Å²) in [6, 6.07) is 9.13. The Morgan fingerprint density at radius 2 is 2.05 bits per heavy atom. The summed E-state index contributed by atoms with van der Waals surface area (Å²) in [4.78, 5) is 13.9. The molecule has 0 spiro atoms. The van der Waals surface area contributed by atoms with E-state index in [1.165, 1.54) is 0 Å². The third-order valence-electron chi connectivity index (χ3n) is 3.63. The van der Waals surface area contributed by atoms with Crippen LogP contribution >= 0.6 is 12.4 Å². The number of carbonyl (C=O) groups excluding carboxylic acids is 1. The van der Waals surface area contributed by atoms with Crippen molar-refractivity contribution >= 4 is 18.3 Å². The first kappa shape index (κ1) is 16.0. The molecule has 0 radical (unpaired) electrons. The van der Waals surface area contributed by atoms with Gasteiger partial charge in [-0.15, -0.1) is 12.4 Å². The highest BCUT2D eigenvalue weighted by atomic mass is 35.5. The average molecular weight is 285 g/mol. The van der Waals surface area contributed by atoms with Crippen LogP contribution in [0.4, 0.5) is 0 Å². The predicted molar refractivity (Wildman–Crippen MR) is 77.0 cm³/mol. The molecule has 1 saturated heterocycles. The van der Waals surface area contributed by atoms with Gasteiger partial charge in [0.2, 0.25) is 0 Å². The molecule has 106 valence electrons. The van der Waals surface area contributed by atoms with E-state index in [4.69, 9.17) is 5.73 Å². The molecule has 3 N–H and O–H groups in total. The van der Waals surface area contributed by atoms with Crippen LogP contribution in [-0.2, 0) is 4.79 Å². The Morgan fingerprint density at radius 3 is 2.58 bits per heavy atom. The van der Waals surface area contributed by atoms with Crippen LogP contribution in [-0.4, -0.2) is 35.0 Å². The van der Waals surface area contributed by atoms with E-state index in [0.29, 0.717) is 24.6 Å². The molecule has 0 aliphatic carbocycles. The molecule has 1 fully saturated rings. The first-order valence-electron chi connectivity index (χ1n) is 6.37. The lowest BCUT2D eigenvalue weighted by molar-refractivity contribution is -0.139. The van der Waals surface area contributed by atoms with E-state index < -0.39 is 6.10 Å². The van der Waals surface area contributed by atoms with Crippen molar-refractivity contribution in [3.05, 3.63) is 35.9 Å². The van der Waals surface area contributed by atoms with E-state index in [1.807, 2.05) is 25.1 Å². The number of hydrogen-bond donors (Lipinski definition) is 2. The molecule has 4 nitrogen and oxygen atoms in total. The Hall–Kier alpha value is -1.10. The molecular formula is C14H21ClN2O2. The number of aliphatic hydroxyl groups is 1. The smallest absolute Gasteiger partial charge is 0.256 e. The number of amides is 1. The van der Waals surface area contributed by atoms with Gasteiger partial charge in [-0.2, -0.15) is 0 Å². The summed E-state index contributed by atoms with van der Waals surface area (Å²) in [5.74, 6) is 0.126. The molecule has 1 aromatic carbocycles. The largest absolute Gasteiger partial charge is 0.378 e. The predicted octanol–water partition coefficient (Wildman–Crippen LogP) is 1.34. The fourth-order valence-electron chi connectivity index (χ4n) is 2.37. The normalized spacial score (nSPS) is 21.6. The maximum absolute atomic E-state index is 12.1. The summed E-state index contributed by atoms with van der Waals surface area (Å²) < 4.78 is 0. The van der Waals surface area contributed by atoms with Gasteiger partial charge in [0.05, 0.1) is 0 Å². The molecule has 0 bridgehead atoms. The third kappa shape index (κ3) is 3.69. The first-order valence-corrected chi connectivity index (χ1v) is 6.37. The fourth-order valence-corrected chi connectivity index (χ4v) is 2.37. The zero-order valence-electron chi connectivity index (χ0n) is 11.0. The summed E-state index contributed by atoms with van der Waals surface area (Å²) in [5, 5.41) is 10.1. The van der Waals surface area contributed by atoms with Gasteiger partial charge < -0.3 is 15.7 Å². The molecule has 19 heavy (non-hydrogen) atoms. The summed E-state index contributed by atoms with van der Waals surface area (Å²) in [6.45, 7) is 3.31. The number of rotatable bonds is 3. The number of nitrogens with two attached hydrogens (primary N) is 1. The Balaban J connectivity index is 0.00000180. The van der Waals surface area contributed by atoms with E-state index >= 15 is 0 Å². The minimum Gasteiger partial charge on any atom is -0.378 e. The SMILES string of the molecule is CC(N)C1CCN(C(=O)C(O)c2ccccc2)C1.Cl. The van der Waals surface area contributed by atoms with Gasteiger partial charge in [-0.25, -0.2) is 0 Å². The molecule has 5 heteroatoms. The Morgan fingerprint density at radius 1 is 1.42 bits per heavy atom. The zero-order chi connectivity index (χ0) is 13.1. The average Bonchev–Trinajstić information content (AvgIpc) is 2.88. The van der Waals surface area contributed by atoms with Crippen LogP contribution in [0.2, 0.25) is 0 Å². The minimum absolute atomic E-state index is 0. The lowest BCUT2D eigenvalue weighted by Crippen LogP contribution is -2.35. The van der Waals surface area contributed by atoms with E-state index in [0.717, 1.165) is 6.42 Å². The van der Waals surface area contributed by atoms with Crippen molar-refractivity contribution in [3.63, 3.8) is 0 Å². The molecule has 1 aliphatic rings. The Kier molecular flexibility index (Phi) is 5.79. The number of carbonyl (C=O) groups is 1. The lowest BCUT2D eigenvalue weighted by atomic mass is 10.0. The highest BCUT2D eigenvalue weighted by molar-refractivity contribution is 5.85. The monoisotopic (exact) mass is 284 g/mol. The summed E-state index contributed by atoms with van der Waals surface area (Å²) in [5.41, 5.74) is 6.49. The number of hydrogen-bond acceptors (Lipinski definition) is 3. The van der Waals surface area contributed by atoms with Crippen molar-refractivity contribution in [1.29, 1.82) is 0 Å². The van der Waals surface area contributed by atoms with Crippen LogP contribution in [0, 0.1) is 5.92 Å². The van der Waals surface area contributed by atoms with E-state index in [2.05, 4.69) is 0 Å². The van der Waals surface area contributed by atoms with Crippen LogP contribution < -0.4 is 5.73 Å². The maximum Gasteiger partial charge on any atom is 0.256 e. The van der Waals surface area contributed by atoms with Crippen molar-refractivity contribution in [2.24, 2.45) is 11.7 Å². The van der Waals surface area contributed by atoms with Gasteiger partial charge in [0.1, 0.15) is 0 Å². The number of aliphatic hydroxyl groups excluding tert-OH is 1. The van der Waals surface area contributed by atoms with E-state index in [9.17, 15) is 9.90 Å². The molecule has 1 aliphatic heterocycles. The highest BCUT2D eigenvalue weighted by Gasteiger charge is 2.31. The molecule has 2 rings (SSSR count). The highest BCUT2D eigenvalue weighted by Crippen LogP contribution is 2.23. The van der Waals surface area contributed by atoms with Crippen LogP contribution in [0.15, 0.2) is 30.3 Å². The molecule has 1 heterocycles. The first-order chi connectivity index (χ1) is 8.59. The van der Waals surface area contributed by atoms with E-state index in [1.54, 1.807) is 17.0 Å². The van der Waals surface area contributed by atoms with Gasteiger partial charge in [-0.05, 0) is 24.8 Å². The topological polar surface area (TPSA) is 66.6 Å². The second-order valence-electron chi connectivity index (χ2n) is 5.01. The molecule has 1 amide bonds. The molecule has 1 aromatic rings. The number of halogens is 1. The quantitative estimate of drug-likeness (QED) is 0.880. The minimum atomic E-state index is -1.06. The maximum atomic E-state index is 12.1. The van der Waals surface area contributed by atoms with Gasteiger partial charge >= 0.3 is 0 Å². The second-order valence-corrected chi connectivity index (χ2v) is 5.01. The lowest BCUT2D eigenvalue weighted by Gasteiger charge is -2.21. The van der Waals surface area contributed by atoms with Gasteiger partial charge in [0.25, 0.3) is 5.91 Å². The fraction of sp³-hybridized carbons (Fsp3) is 0.500. The van der Waals surface area contributed by atoms with Crippen LogP contribution in [0.1, 0.15) is 25.0 Å². The molecule has 0 saturated carbocycles. The van der Waals surface area contributed by atoms with Gasteiger partial charge in [-0.1, -0.05) is 30.3 Å². The van der Waals surface area contributed by atoms with E-state index in [-0.39, 0.29) is 24.4 Å². The van der Waals surface area contributed by atoms with Crippen molar-refractivity contribution in [2.75, 3.05) is 13.1 Å². The Bertz CT molecular complexity index is 411. The van der Waals surface area contributed by atoms with Crippen LogP contribution in [0.25, 0.3) is 0 Å². The van der Waals surface area contributed by atoms with Gasteiger partial charge in [0, 0.05) is 19.1 Å². The molecule has 0 aromatic heterocycles. The number of nitrogens with zero attached hydrogens (tertiary/aromatic N) is 1. The molecule has 3 atom stereocenters. The second kappa shape index (κ2) is 6.89. The standard InChI is InChI=1S/C14H20N2O2.ClH/c1-10(15)12-7-8-16(9-12)14(18)13(17)11-5-3-2-4-6-11;/h2-6,10,12-13,17H,7-9,15H2,1H3;1H. The number of benzene rings is 1. The molecular weight excluding hydrogens is 264 g/mol. The van der Waals surface area contributed by atoms with Crippen LogP contribution in [0.3, 0.4) is 0 Å². The third-order valence-corrected chi connectivity index (χ3v) is 3.63. The van der Waals surface area contributed by atoms with Crippen molar-refractivity contribution in [3.8, 4) is 0 Å². The van der Waals surface area contributed by atoms with Gasteiger partial charge in [0.15, 0.2) is 6.10 Å². The summed E-state index contributed by atoms with van der Waals surface area (Å²) in [7, 11) is 0. The zero-order valence-corrected chi connectivity index (χ0v) is 11.8. The number of likely N-dealkylation sites (tertiary alicyclic amines) is 1. The van der Waals surface area contributed by atoms with Crippen LogP contribution in [0.5, 0.6) is 0 Å². The summed E-state index contributed by atoms with van der Waals surface area (Å²) >= 11 is 0. The van der Waals surface area contributed by atoms with Crippen molar-refractivity contribution in [2.45, 2.75) is 25.5 Å².